The molecule has 0 heterocycles. The Morgan fingerprint density at radius 3 is 2.93 bits per heavy atom. The summed E-state index contributed by atoms with van der Waals surface area (Å²) in [4.78, 5) is 14.4. The number of thiocarbonyl (C=S) groups is 1. The molecule has 5 heteroatoms. The van der Waals surface area contributed by atoms with Gasteiger partial charge in [0.05, 0.1) is 12.3 Å². The van der Waals surface area contributed by atoms with Crippen molar-refractivity contribution >= 4 is 23.3 Å². The molecule has 1 rings (SSSR count). The maximum absolute atomic E-state index is 13.2. The van der Waals surface area contributed by atoms with Gasteiger partial charge in [0.1, 0.15) is 17.1 Å². The quantitative estimate of drug-likeness (QED) is 0.555. The van der Waals surface area contributed by atoms with E-state index in [2.05, 4.69) is 17.2 Å². The van der Waals surface area contributed by atoms with Gasteiger partial charge < -0.3 is 4.74 Å². The molecule has 0 aliphatic rings. The Bertz CT molecular complexity index is 413. The average Bonchev–Trinajstić information content (AvgIpc) is 2.17. The van der Waals surface area contributed by atoms with Crippen LogP contribution in [0.2, 0.25) is 0 Å². The molecule has 0 saturated carbocycles. The number of hydrogen-bond acceptors (Lipinski definition) is 3. The lowest BCUT2D eigenvalue weighted by atomic mass is 10.2. The number of hydrogen-bond donors (Lipinski definition) is 0. The molecular weight excluding hydrogens is 205 g/mol. The van der Waals surface area contributed by atoms with Crippen LogP contribution in [0.4, 0.5) is 4.39 Å². The number of isothiocyanates is 1. The number of nitrogens with zero attached hydrogens (tertiary/aromatic N) is 1. The highest BCUT2D eigenvalue weighted by atomic mass is 32.1. The summed E-state index contributed by atoms with van der Waals surface area (Å²) >= 11 is 4.25. The van der Waals surface area contributed by atoms with Gasteiger partial charge in [-0.25, -0.2) is 4.39 Å². The van der Waals surface area contributed by atoms with Crippen molar-refractivity contribution in [2.75, 3.05) is 7.11 Å². The number of methoxy groups -OCH3 is 1. The molecule has 0 aliphatic carbocycles. The van der Waals surface area contributed by atoms with Crippen LogP contribution in [0.3, 0.4) is 0 Å². The summed E-state index contributed by atoms with van der Waals surface area (Å²) in [5.74, 6) is -1.36. The van der Waals surface area contributed by atoms with Crippen LogP contribution < -0.4 is 4.74 Å². The standard InChI is InChI=1S/C9H6FNO2S/c1-13-7-4-2-3-6(10)8(7)9(12)11-5-14/h2-4H,1H3. The maximum atomic E-state index is 13.2. The molecule has 0 fully saturated rings. The minimum atomic E-state index is -0.796. The smallest absolute Gasteiger partial charge is 0.292 e. The molecule has 0 atom stereocenters. The SMILES string of the molecule is COc1cccc(F)c1C(=O)N=C=S. The molecule has 1 aromatic carbocycles. The van der Waals surface area contributed by atoms with Gasteiger partial charge in [-0.15, -0.1) is 0 Å². The summed E-state index contributed by atoms with van der Waals surface area (Å²) in [5.41, 5.74) is -0.229. The highest BCUT2D eigenvalue weighted by Crippen LogP contribution is 2.21. The van der Waals surface area contributed by atoms with Crippen LogP contribution in [0.5, 0.6) is 5.75 Å². The van der Waals surface area contributed by atoms with Crippen molar-refractivity contribution in [2.24, 2.45) is 4.99 Å². The molecule has 1 amide bonds. The van der Waals surface area contributed by atoms with Crippen LogP contribution >= 0.6 is 12.2 Å². The lowest BCUT2D eigenvalue weighted by Gasteiger charge is -2.04. The van der Waals surface area contributed by atoms with Crippen molar-refractivity contribution in [2.45, 2.75) is 0 Å². The zero-order chi connectivity index (χ0) is 10.6. The molecule has 0 saturated heterocycles. The normalized spacial score (nSPS) is 9.00. The third kappa shape index (κ3) is 2.02. The third-order valence-electron chi connectivity index (χ3n) is 1.56. The number of benzene rings is 1. The minimum Gasteiger partial charge on any atom is -0.496 e. The van der Waals surface area contributed by atoms with Gasteiger partial charge in [0.2, 0.25) is 0 Å². The van der Waals surface area contributed by atoms with E-state index in [1.165, 1.54) is 19.2 Å². The first kappa shape index (κ1) is 10.5. The second kappa shape index (κ2) is 4.60. The molecule has 0 spiro atoms. The summed E-state index contributed by atoms with van der Waals surface area (Å²) in [6.45, 7) is 0. The van der Waals surface area contributed by atoms with Crippen molar-refractivity contribution in [1.29, 1.82) is 0 Å². The molecule has 3 nitrogen and oxygen atoms in total. The van der Waals surface area contributed by atoms with Gasteiger partial charge in [0.25, 0.3) is 5.91 Å². The summed E-state index contributed by atoms with van der Waals surface area (Å²) in [6.07, 6.45) is 0. The molecule has 0 unspecified atom stereocenters. The van der Waals surface area contributed by atoms with E-state index in [1.54, 1.807) is 0 Å². The third-order valence-corrected chi connectivity index (χ3v) is 1.65. The Hall–Kier alpha value is -1.58. The Labute approximate surface area is 85.2 Å². The monoisotopic (exact) mass is 211 g/mol. The van der Waals surface area contributed by atoms with Crippen LogP contribution in [-0.2, 0) is 0 Å². The van der Waals surface area contributed by atoms with Crippen LogP contribution in [0.15, 0.2) is 23.2 Å². The first-order valence-electron chi connectivity index (χ1n) is 3.65. The molecule has 0 radical (unpaired) electrons. The fourth-order valence-electron chi connectivity index (χ4n) is 0.979. The molecule has 0 bridgehead atoms. The summed E-state index contributed by atoms with van der Waals surface area (Å²) in [7, 11) is 1.34. The first-order valence-corrected chi connectivity index (χ1v) is 4.06. The Morgan fingerprint density at radius 1 is 1.64 bits per heavy atom. The van der Waals surface area contributed by atoms with Gasteiger partial charge >= 0.3 is 0 Å². The zero-order valence-electron chi connectivity index (χ0n) is 7.28. The van der Waals surface area contributed by atoms with Crippen molar-refractivity contribution in [1.82, 2.24) is 0 Å². The second-order valence-corrected chi connectivity index (χ2v) is 2.51. The van der Waals surface area contributed by atoms with E-state index in [9.17, 15) is 9.18 Å². The number of amides is 1. The number of carbonyl (C=O) groups excluding carboxylic acids is 1. The molecule has 1 aromatic rings. The summed E-state index contributed by atoms with van der Waals surface area (Å²) in [5, 5.41) is 1.88. The topological polar surface area (TPSA) is 38.7 Å². The molecule has 14 heavy (non-hydrogen) atoms. The van der Waals surface area contributed by atoms with E-state index in [4.69, 9.17) is 4.74 Å². The van der Waals surface area contributed by atoms with Crippen LogP contribution in [0.25, 0.3) is 0 Å². The van der Waals surface area contributed by atoms with Gasteiger partial charge in [0, 0.05) is 0 Å². The number of aliphatic imine (C=N–C) groups is 1. The average molecular weight is 211 g/mol. The number of ether oxygens (including phenoxy) is 1. The van der Waals surface area contributed by atoms with Crippen molar-refractivity contribution in [3.8, 4) is 5.75 Å². The van der Waals surface area contributed by atoms with E-state index in [1.807, 2.05) is 5.16 Å². The molecule has 0 aliphatic heterocycles. The maximum Gasteiger partial charge on any atom is 0.292 e. The van der Waals surface area contributed by atoms with Crippen molar-refractivity contribution < 1.29 is 13.9 Å². The van der Waals surface area contributed by atoms with Gasteiger partial charge in [-0.3, -0.25) is 4.79 Å². The summed E-state index contributed by atoms with van der Waals surface area (Å²) < 4.78 is 18.0. The molecule has 0 aromatic heterocycles. The molecule has 72 valence electrons. The van der Waals surface area contributed by atoms with E-state index >= 15 is 0 Å². The van der Waals surface area contributed by atoms with E-state index < -0.39 is 11.7 Å². The number of halogens is 1. The highest BCUT2D eigenvalue weighted by Gasteiger charge is 2.16. The Kier molecular flexibility index (Phi) is 3.45. The predicted octanol–water partition coefficient (Wildman–Crippen LogP) is 2.08. The molecular formula is C9H6FNO2S. The number of carbonyl (C=O) groups is 1. The second-order valence-electron chi connectivity index (χ2n) is 2.33. The van der Waals surface area contributed by atoms with E-state index in [0.717, 1.165) is 6.07 Å². The molecule has 0 N–H and O–H groups in total. The Balaban J connectivity index is 3.30. The Morgan fingerprint density at radius 2 is 2.36 bits per heavy atom. The van der Waals surface area contributed by atoms with Crippen molar-refractivity contribution in [3.63, 3.8) is 0 Å². The zero-order valence-corrected chi connectivity index (χ0v) is 8.10. The first-order chi connectivity index (χ1) is 6.70. The summed E-state index contributed by atoms with van der Waals surface area (Å²) in [6, 6.07) is 4.05. The van der Waals surface area contributed by atoms with Crippen LogP contribution in [0, 0.1) is 5.82 Å². The fourth-order valence-corrected chi connectivity index (χ4v) is 1.06. The van der Waals surface area contributed by atoms with Gasteiger partial charge in [-0.2, -0.15) is 4.99 Å². The number of rotatable bonds is 2. The van der Waals surface area contributed by atoms with Crippen LogP contribution in [0.1, 0.15) is 10.4 Å². The van der Waals surface area contributed by atoms with Crippen LogP contribution in [-0.4, -0.2) is 18.2 Å². The lowest BCUT2D eigenvalue weighted by Crippen LogP contribution is -2.02. The largest absolute Gasteiger partial charge is 0.496 e. The lowest BCUT2D eigenvalue weighted by molar-refractivity contribution is 0.0997. The van der Waals surface area contributed by atoms with Gasteiger partial charge in [0.15, 0.2) is 0 Å². The minimum absolute atomic E-state index is 0.129. The van der Waals surface area contributed by atoms with Gasteiger partial charge in [-0.1, -0.05) is 6.07 Å². The van der Waals surface area contributed by atoms with E-state index in [0.29, 0.717) is 0 Å². The predicted molar refractivity (Wildman–Crippen MR) is 52.3 cm³/mol. The highest BCUT2D eigenvalue weighted by molar-refractivity contribution is 7.78. The van der Waals surface area contributed by atoms with Crippen molar-refractivity contribution in [3.05, 3.63) is 29.6 Å². The van der Waals surface area contributed by atoms with Gasteiger partial charge in [-0.05, 0) is 24.4 Å². The van der Waals surface area contributed by atoms with E-state index in [-0.39, 0.29) is 11.3 Å². The fraction of sp³-hybridized carbons (Fsp3) is 0.111.